The Morgan fingerprint density at radius 3 is 1.80 bits per heavy atom. The molecule has 0 bridgehead atoms. The van der Waals surface area contributed by atoms with Crippen LogP contribution in [0.3, 0.4) is 0 Å². The van der Waals surface area contributed by atoms with Crippen molar-refractivity contribution in [1.29, 1.82) is 0 Å². The largest absolute Gasteiger partial charge is 0.423 e. The van der Waals surface area contributed by atoms with Crippen molar-refractivity contribution in [2.45, 2.75) is 73.3 Å². The highest BCUT2D eigenvalue weighted by Gasteiger charge is 2.29. The molecule has 1 atom stereocenters. The van der Waals surface area contributed by atoms with Crippen LogP contribution in [0.5, 0.6) is 11.5 Å². The van der Waals surface area contributed by atoms with E-state index < -0.39 is 17.5 Å². The van der Waals surface area contributed by atoms with Gasteiger partial charge in [-0.3, -0.25) is 9.59 Å². The minimum atomic E-state index is -1.13. The minimum absolute atomic E-state index is 0. The van der Waals surface area contributed by atoms with Crippen molar-refractivity contribution < 1.29 is 24.2 Å². The molecule has 1 aromatic rings. The van der Waals surface area contributed by atoms with Crippen LogP contribution in [0.25, 0.3) is 0 Å². The normalized spacial score (nSPS) is 13.8. The Morgan fingerprint density at radius 1 is 0.933 bits per heavy atom. The lowest BCUT2D eigenvalue weighted by Crippen LogP contribution is -2.36. The van der Waals surface area contributed by atoms with Crippen molar-refractivity contribution in [3.8, 4) is 11.5 Å². The molecule has 0 radical (unpaired) electrons. The van der Waals surface area contributed by atoms with Gasteiger partial charge in [0.2, 0.25) is 0 Å². The molecule has 0 saturated heterocycles. The SMILES string of the molecule is CCC(O)(CNC)c1ccc(OC(=O)CC(C)(C)C)c(OC(=O)CC(C)(C)C)c1.Cl. The zero-order valence-corrected chi connectivity index (χ0v) is 20.4. The Labute approximate surface area is 187 Å². The number of likely N-dealkylation sites (N-methyl/N-ethyl adjacent to an activating group) is 1. The van der Waals surface area contributed by atoms with E-state index in [0.29, 0.717) is 18.5 Å². The Balaban J connectivity index is 0.00000841. The van der Waals surface area contributed by atoms with E-state index in [1.807, 2.05) is 48.5 Å². The number of hydrogen-bond acceptors (Lipinski definition) is 6. The van der Waals surface area contributed by atoms with Crippen molar-refractivity contribution in [3.05, 3.63) is 23.8 Å². The van der Waals surface area contributed by atoms with Gasteiger partial charge in [0.05, 0.1) is 12.8 Å². The molecule has 6 nitrogen and oxygen atoms in total. The summed E-state index contributed by atoms with van der Waals surface area (Å²) in [4.78, 5) is 24.7. The van der Waals surface area contributed by atoms with E-state index >= 15 is 0 Å². The smallest absolute Gasteiger partial charge is 0.311 e. The molecular formula is C23H38ClNO5. The molecule has 1 rings (SSSR count). The summed E-state index contributed by atoms with van der Waals surface area (Å²) in [5, 5.41) is 13.9. The van der Waals surface area contributed by atoms with Crippen molar-refractivity contribution in [2.75, 3.05) is 13.6 Å². The lowest BCUT2D eigenvalue weighted by atomic mass is 9.90. The van der Waals surface area contributed by atoms with E-state index in [2.05, 4.69) is 5.32 Å². The van der Waals surface area contributed by atoms with Gasteiger partial charge in [0.15, 0.2) is 11.5 Å². The highest BCUT2D eigenvalue weighted by atomic mass is 35.5. The van der Waals surface area contributed by atoms with Crippen LogP contribution in [-0.2, 0) is 15.2 Å². The standard InChI is InChI=1S/C23H37NO5.ClH/c1-9-23(27,15-24-8)16-10-11-17(28-19(25)13-21(2,3)4)18(12-16)29-20(26)14-22(5,6)7;/h10-12,24,27H,9,13-15H2,1-8H3;1H. The van der Waals surface area contributed by atoms with Crippen molar-refractivity contribution in [1.82, 2.24) is 5.32 Å². The van der Waals surface area contributed by atoms with Gasteiger partial charge in [-0.05, 0) is 42.0 Å². The van der Waals surface area contributed by atoms with Gasteiger partial charge in [0, 0.05) is 6.54 Å². The number of aliphatic hydroxyl groups is 1. The fourth-order valence-electron chi connectivity index (χ4n) is 2.87. The molecule has 0 heterocycles. The molecule has 1 aromatic carbocycles. The molecule has 0 amide bonds. The molecule has 0 spiro atoms. The van der Waals surface area contributed by atoms with Crippen molar-refractivity contribution in [3.63, 3.8) is 0 Å². The number of hydrogen-bond donors (Lipinski definition) is 2. The second-order valence-corrected chi connectivity index (χ2v) is 10.00. The van der Waals surface area contributed by atoms with Crippen LogP contribution >= 0.6 is 12.4 Å². The average molecular weight is 444 g/mol. The maximum Gasteiger partial charge on any atom is 0.311 e. The van der Waals surface area contributed by atoms with Gasteiger partial charge in [-0.2, -0.15) is 0 Å². The summed E-state index contributed by atoms with van der Waals surface area (Å²) in [6.45, 7) is 13.9. The molecule has 7 heteroatoms. The number of rotatable bonds is 8. The third kappa shape index (κ3) is 9.45. The van der Waals surface area contributed by atoms with Gasteiger partial charge in [0.1, 0.15) is 5.60 Å². The molecule has 0 fully saturated rings. The zero-order chi connectivity index (χ0) is 22.5. The number of carbonyl (C=O) groups is 2. The summed E-state index contributed by atoms with van der Waals surface area (Å²) in [6.07, 6.45) is 0.899. The molecule has 0 saturated carbocycles. The first-order chi connectivity index (χ1) is 13.2. The molecule has 0 aliphatic rings. The van der Waals surface area contributed by atoms with Crippen LogP contribution in [0.1, 0.15) is 73.3 Å². The van der Waals surface area contributed by atoms with E-state index in [0.717, 1.165) is 0 Å². The number of nitrogens with one attached hydrogen (secondary N) is 1. The lowest BCUT2D eigenvalue weighted by Gasteiger charge is -2.28. The Bertz CT molecular complexity index is 721. The number of halogens is 1. The maximum atomic E-state index is 12.4. The number of esters is 2. The van der Waals surface area contributed by atoms with E-state index in [-0.39, 0.29) is 47.6 Å². The van der Waals surface area contributed by atoms with Crippen LogP contribution in [0.4, 0.5) is 0 Å². The summed E-state index contributed by atoms with van der Waals surface area (Å²) in [5.74, 6) is -0.508. The summed E-state index contributed by atoms with van der Waals surface area (Å²) in [6, 6.07) is 4.86. The lowest BCUT2D eigenvalue weighted by molar-refractivity contribution is -0.139. The summed E-state index contributed by atoms with van der Waals surface area (Å²) < 4.78 is 11.1. The molecule has 30 heavy (non-hydrogen) atoms. The first-order valence-corrected chi connectivity index (χ1v) is 10.1. The maximum absolute atomic E-state index is 12.4. The van der Waals surface area contributed by atoms with Crippen LogP contribution < -0.4 is 14.8 Å². The predicted molar refractivity (Wildman–Crippen MR) is 121 cm³/mol. The molecule has 0 aliphatic carbocycles. The Morgan fingerprint density at radius 2 is 1.40 bits per heavy atom. The average Bonchev–Trinajstić information content (AvgIpc) is 2.53. The number of benzene rings is 1. The van der Waals surface area contributed by atoms with Gasteiger partial charge < -0.3 is 19.9 Å². The van der Waals surface area contributed by atoms with Gasteiger partial charge in [-0.1, -0.05) is 54.5 Å². The molecule has 0 aliphatic heterocycles. The number of carbonyl (C=O) groups excluding carboxylic acids is 2. The van der Waals surface area contributed by atoms with E-state index in [1.165, 1.54) is 0 Å². The molecule has 172 valence electrons. The second kappa shape index (κ2) is 11.1. The van der Waals surface area contributed by atoms with E-state index in [1.54, 1.807) is 25.2 Å². The zero-order valence-electron chi connectivity index (χ0n) is 19.5. The second-order valence-electron chi connectivity index (χ2n) is 10.00. The van der Waals surface area contributed by atoms with Gasteiger partial charge in [0.25, 0.3) is 0 Å². The monoisotopic (exact) mass is 443 g/mol. The highest BCUT2D eigenvalue weighted by Crippen LogP contribution is 2.35. The topological polar surface area (TPSA) is 84.9 Å². The number of ether oxygens (including phenoxy) is 2. The Kier molecular flexibility index (Phi) is 10.5. The minimum Gasteiger partial charge on any atom is -0.423 e. The van der Waals surface area contributed by atoms with E-state index in [4.69, 9.17) is 9.47 Å². The van der Waals surface area contributed by atoms with Crippen molar-refractivity contribution in [2.24, 2.45) is 10.8 Å². The fourth-order valence-corrected chi connectivity index (χ4v) is 2.87. The predicted octanol–water partition coefficient (Wildman–Crippen LogP) is 4.61. The first kappa shape index (κ1) is 28.4. The summed E-state index contributed by atoms with van der Waals surface area (Å²) in [7, 11) is 1.76. The van der Waals surface area contributed by atoms with Crippen LogP contribution in [-0.4, -0.2) is 30.6 Å². The van der Waals surface area contributed by atoms with Crippen LogP contribution in [0.2, 0.25) is 0 Å². The van der Waals surface area contributed by atoms with Gasteiger partial charge >= 0.3 is 11.9 Å². The molecule has 1 unspecified atom stereocenters. The van der Waals surface area contributed by atoms with Gasteiger partial charge in [-0.25, -0.2) is 0 Å². The third-order valence-electron chi connectivity index (χ3n) is 4.33. The Hall–Kier alpha value is -1.63. The molecule has 2 N–H and O–H groups in total. The highest BCUT2D eigenvalue weighted by molar-refractivity contribution is 5.85. The molecule has 0 aromatic heterocycles. The fraction of sp³-hybridized carbons (Fsp3) is 0.652. The summed E-state index contributed by atoms with van der Waals surface area (Å²) >= 11 is 0. The third-order valence-corrected chi connectivity index (χ3v) is 4.33. The van der Waals surface area contributed by atoms with Crippen LogP contribution in [0, 0.1) is 10.8 Å². The van der Waals surface area contributed by atoms with E-state index in [9.17, 15) is 14.7 Å². The summed E-state index contributed by atoms with van der Waals surface area (Å²) in [5.41, 5.74) is -1.01. The quantitative estimate of drug-likeness (QED) is 0.450. The first-order valence-electron chi connectivity index (χ1n) is 10.1. The van der Waals surface area contributed by atoms with Crippen molar-refractivity contribution >= 4 is 24.3 Å². The van der Waals surface area contributed by atoms with Gasteiger partial charge in [-0.15, -0.1) is 12.4 Å². The molecular weight excluding hydrogens is 406 g/mol. The van der Waals surface area contributed by atoms with Crippen LogP contribution in [0.15, 0.2) is 18.2 Å².